The molecule has 21 heavy (non-hydrogen) atoms. The molecule has 1 aromatic carbocycles. The summed E-state index contributed by atoms with van der Waals surface area (Å²) in [6.45, 7) is 4.08. The Bertz CT molecular complexity index is 631. The van der Waals surface area contributed by atoms with Crippen molar-refractivity contribution in [2.75, 3.05) is 0 Å². The molecule has 3 nitrogen and oxygen atoms in total. The highest BCUT2D eigenvalue weighted by Gasteiger charge is 2.22. The van der Waals surface area contributed by atoms with Crippen molar-refractivity contribution in [1.29, 1.82) is 0 Å². The van der Waals surface area contributed by atoms with Crippen molar-refractivity contribution in [3.63, 3.8) is 0 Å². The third-order valence-electron chi connectivity index (χ3n) is 3.10. The summed E-state index contributed by atoms with van der Waals surface area (Å²) >= 11 is 5.86. The first-order valence-electron chi connectivity index (χ1n) is 6.65. The number of hydrogen-bond acceptors (Lipinski definition) is 2. The van der Waals surface area contributed by atoms with Crippen molar-refractivity contribution in [2.45, 2.75) is 26.4 Å². The van der Waals surface area contributed by atoms with Gasteiger partial charge in [-0.15, -0.1) is 0 Å². The lowest BCUT2D eigenvalue weighted by atomic mass is 10.1. The molecule has 0 unspecified atom stereocenters. The number of carbonyl (C=O) groups is 1. The van der Waals surface area contributed by atoms with Crippen molar-refractivity contribution in [2.24, 2.45) is 0 Å². The second kappa shape index (κ2) is 6.68. The second-order valence-corrected chi connectivity index (χ2v) is 5.41. The molecular weight excluding hydrogens is 291 g/mol. The van der Waals surface area contributed by atoms with Gasteiger partial charge in [-0.05, 0) is 44.2 Å². The molecule has 2 rings (SSSR count). The molecular formula is C16H16ClFN2O. The van der Waals surface area contributed by atoms with Gasteiger partial charge in [-0.1, -0.05) is 17.7 Å². The number of aromatic nitrogens is 1. The minimum Gasteiger partial charge on any atom is -0.330 e. The summed E-state index contributed by atoms with van der Waals surface area (Å²) in [4.78, 5) is 18.3. The summed E-state index contributed by atoms with van der Waals surface area (Å²) in [5, 5.41) is 0.335. The maximum Gasteiger partial charge on any atom is 0.257 e. The predicted molar refractivity (Wildman–Crippen MR) is 80.7 cm³/mol. The van der Waals surface area contributed by atoms with E-state index in [1.54, 1.807) is 11.1 Å². The SMILES string of the molecule is CC(C)N(Cc1ccccn1)C(=O)c1cc(Cl)ccc1F. The van der Waals surface area contributed by atoms with E-state index in [1.807, 2.05) is 32.0 Å². The maximum atomic E-state index is 13.9. The highest BCUT2D eigenvalue weighted by atomic mass is 35.5. The fraction of sp³-hybridized carbons (Fsp3) is 0.250. The lowest BCUT2D eigenvalue weighted by Gasteiger charge is -2.26. The Labute approximate surface area is 128 Å². The van der Waals surface area contributed by atoms with Crippen LogP contribution in [0.25, 0.3) is 0 Å². The van der Waals surface area contributed by atoms with Crippen LogP contribution in [0.5, 0.6) is 0 Å². The van der Waals surface area contributed by atoms with Crippen molar-refractivity contribution < 1.29 is 9.18 Å². The first kappa shape index (κ1) is 15.4. The Balaban J connectivity index is 2.30. The van der Waals surface area contributed by atoms with Crippen LogP contribution < -0.4 is 0 Å². The van der Waals surface area contributed by atoms with E-state index in [2.05, 4.69) is 4.98 Å². The van der Waals surface area contributed by atoms with Crippen LogP contribution in [0, 0.1) is 5.82 Å². The van der Waals surface area contributed by atoms with Gasteiger partial charge in [0.15, 0.2) is 0 Å². The van der Waals surface area contributed by atoms with Crippen LogP contribution in [0.2, 0.25) is 5.02 Å². The van der Waals surface area contributed by atoms with Crippen molar-refractivity contribution in [3.05, 3.63) is 64.7 Å². The zero-order valence-corrected chi connectivity index (χ0v) is 12.6. The van der Waals surface area contributed by atoms with E-state index < -0.39 is 11.7 Å². The molecule has 1 heterocycles. The third kappa shape index (κ3) is 3.79. The van der Waals surface area contributed by atoms with Gasteiger partial charge in [0.2, 0.25) is 0 Å². The Kier molecular flexibility index (Phi) is 4.91. The fourth-order valence-corrected chi connectivity index (χ4v) is 2.14. The maximum absolute atomic E-state index is 13.9. The molecule has 0 bridgehead atoms. The number of halogens is 2. The lowest BCUT2D eigenvalue weighted by molar-refractivity contribution is 0.0683. The first-order chi connectivity index (χ1) is 9.99. The predicted octanol–water partition coefficient (Wildman–Crippen LogP) is 3.92. The minimum atomic E-state index is -0.573. The van der Waals surface area contributed by atoms with Crippen LogP contribution in [0.3, 0.4) is 0 Å². The molecule has 0 N–H and O–H groups in total. The van der Waals surface area contributed by atoms with Crippen LogP contribution in [-0.2, 0) is 6.54 Å². The van der Waals surface area contributed by atoms with Crippen LogP contribution in [0.4, 0.5) is 4.39 Å². The van der Waals surface area contributed by atoms with Crippen LogP contribution in [-0.4, -0.2) is 21.8 Å². The average molecular weight is 307 g/mol. The Hall–Kier alpha value is -1.94. The Morgan fingerprint density at radius 1 is 1.33 bits per heavy atom. The minimum absolute atomic E-state index is 0.0212. The molecule has 1 aromatic heterocycles. The highest BCUT2D eigenvalue weighted by Crippen LogP contribution is 2.19. The Morgan fingerprint density at radius 2 is 2.10 bits per heavy atom. The molecule has 0 saturated heterocycles. The topological polar surface area (TPSA) is 33.2 Å². The second-order valence-electron chi connectivity index (χ2n) is 4.97. The molecule has 1 amide bonds. The van der Waals surface area contributed by atoms with Crippen molar-refractivity contribution in [3.8, 4) is 0 Å². The summed E-state index contributed by atoms with van der Waals surface area (Å²) in [7, 11) is 0. The van der Waals surface area contributed by atoms with Gasteiger partial charge < -0.3 is 4.90 Å². The van der Waals surface area contributed by atoms with Gasteiger partial charge in [0.1, 0.15) is 5.82 Å². The van der Waals surface area contributed by atoms with E-state index in [4.69, 9.17) is 11.6 Å². The molecule has 0 saturated carbocycles. The zero-order valence-electron chi connectivity index (χ0n) is 11.9. The average Bonchev–Trinajstić information content (AvgIpc) is 2.47. The number of benzene rings is 1. The highest BCUT2D eigenvalue weighted by molar-refractivity contribution is 6.31. The molecule has 0 aliphatic carbocycles. The number of amides is 1. The summed E-state index contributed by atoms with van der Waals surface area (Å²) in [5.74, 6) is -0.966. The van der Waals surface area contributed by atoms with Crippen LogP contribution in [0.15, 0.2) is 42.6 Å². The summed E-state index contributed by atoms with van der Waals surface area (Å²) < 4.78 is 13.9. The number of pyridine rings is 1. The molecule has 0 atom stereocenters. The molecule has 5 heteroatoms. The number of hydrogen-bond donors (Lipinski definition) is 0. The molecule has 110 valence electrons. The van der Waals surface area contributed by atoms with Crippen LogP contribution >= 0.6 is 11.6 Å². The number of carbonyl (C=O) groups excluding carboxylic acids is 1. The van der Waals surface area contributed by atoms with Gasteiger partial charge in [0, 0.05) is 17.3 Å². The van der Waals surface area contributed by atoms with E-state index in [0.29, 0.717) is 11.6 Å². The van der Waals surface area contributed by atoms with Gasteiger partial charge in [-0.2, -0.15) is 0 Å². The molecule has 0 radical (unpaired) electrons. The van der Waals surface area contributed by atoms with Gasteiger partial charge >= 0.3 is 0 Å². The van der Waals surface area contributed by atoms with E-state index in [0.717, 1.165) is 5.69 Å². The van der Waals surface area contributed by atoms with E-state index in [9.17, 15) is 9.18 Å². The normalized spacial score (nSPS) is 10.7. The molecule has 0 fully saturated rings. The van der Waals surface area contributed by atoms with Crippen molar-refractivity contribution in [1.82, 2.24) is 9.88 Å². The smallest absolute Gasteiger partial charge is 0.257 e. The van der Waals surface area contributed by atoms with E-state index >= 15 is 0 Å². The van der Waals surface area contributed by atoms with Gasteiger partial charge in [-0.3, -0.25) is 9.78 Å². The number of nitrogens with zero attached hydrogens (tertiary/aromatic N) is 2. The molecule has 0 aliphatic rings. The van der Waals surface area contributed by atoms with Crippen LogP contribution in [0.1, 0.15) is 29.9 Å². The standard InChI is InChI=1S/C16H16ClFN2O/c1-11(2)20(10-13-5-3-4-8-19-13)16(21)14-9-12(17)6-7-15(14)18/h3-9,11H,10H2,1-2H3. The van der Waals surface area contributed by atoms with Gasteiger partial charge in [-0.25, -0.2) is 4.39 Å². The fourth-order valence-electron chi connectivity index (χ4n) is 1.97. The van der Waals surface area contributed by atoms with Crippen molar-refractivity contribution >= 4 is 17.5 Å². The summed E-state index contributed by atoms with van der Waals surface area (Å²) in [6.07, 6.45) is 1.66. The lowest BCUT2D eigenvalue weighted by Crippen LogP contribution is -2.37. The number of rotatable bonds is 4. The summed E-state index contributed by atoms with van der Waals surface area (Å²) in [6, 6.07) is 9.38. The van der Waals surface area contributed by atoms with E-state index in [-0.39, 0.29) is 11.6 Å². The first-order valence-corrected chi connectivity index (χ1v) is 7.02. The summed E-state index contributed by atoms with van der Waals surface area (Å²) in [5.41, 5.74) is 0.731. The Morgan fingerprint density at radius 3 is 2.71 bits per heavy atom. The van der Waals surface area contributed by atoms with Gasteiger partial charge in [0.05, 0.1) is 17.8 Å². The van der Waals surface area contributed by atoms with E-state index in [1.165, 1.54) is 18.2 Å². The quantitative estimate of drug-likeness (QED) is 0.857. The molecule has 2 aromatic rings. The monoisotopic (exact) mass is 306 g/mol. The largest absolute Gasteiger partial charge is 0.330 e. The third-order valence-corrected chi connectivity index (χ3v) is 3.34. The molecule has 0 aliphatic heterocycles. The zero-order chi connectivity index (χ0) is 15.4. The van der Waals surface area contributed by atoms with Gasteiger partial charge in [0.25, 0.3) is 5.91 Å². The molecule has 0 spiro atoms.